The highest BCUT2D eigenvalue weighted by Gasteiger charge is 2.15. The maximum atomic E-state index is 12.0. The second-order valence-electron chi connectivity index (χ2n) is 2.86. The van der Waals surface area contributed by atoms with Gasteiger partial charge in [-0.15, -0.1) is 0 Å². The van der Waals surface area contributed by atoms with E-state index in [4.69, 9.17) is 33.9 Å². The first-order valence-corrected chi connectivity index (χ1v) is 8.69. The Morgan fingerprint density at radius 2 is 1.75 bits per heavy atom. The zero-order chi connectivity index (χ0) is 12.6. The van der Waals surface area contributed by atoms with Gasteiger partial charge in [0.05, 0.1) is 19.6 Å². The number of hydrogen-bond acceptors (Lipinski definition) is 3. The summed E-state index contributed by atoms with van der Waals surface area (Å²) in [7, 11) is -2.56. The molecule has 0 saturated heterocycles. The van der Waals surface area contributed by atoms with Crippen LogP contribution in [-0.2, 0) is 19.0 Å². The summed E-state index contributed by atoms with van der Waals surface area (Å²) in [6.45, 7) is 0. The molecule has 0 aliphatic carbocycles. The van der Waals surface area contributed by atoms with Crippen LogP contribution in [0.25, 0.3) is 0 Å². The van der Waals surface area contributed by atoms with E-state index in [2.05, 4.69) is 3.77 Å². The molecule has 1 aromatic carbocycles. The van der Waals surface area contributed by atoms with E-state index >= 15 is 0 Å². The van der Waals surface area contributed by atoms with Gasteiger partial charge in [-0.25, -0.2) is 4.21 Å². The molecule has 0 amide bonds. The number of hydrogen-bond donors (Lipinski definition) is 0. The lowest BCUT2D eigenvalue weighted by Gasteiger charge is -2.05. The van der Waals surface area contributed by atoms with Gasteiger partial charge in [-0.3, -0.25) is 0 Å². The Bertz CT molecular complexity index is 632. The van der Waals surface area contributed by atoms with Gasteiger partial charge in [0.15, 0.2) is 0 Å². The van der Waals surface area contributed by atoms with Gasteiger partial charge in [0.1, 0.15) is 0 Å². The van der Waals surface area contributed by atoms with Crippen LogP contribution in [0.4, 0.5) is 0 Å². The number of rotatable bonds is 2. The third-order valence-electron chi connectivity index (χ3n) is 1.53. The molecule has 0 spiro atoms. The smallest absolute Gasteiger partial charge is 0.244 e. The third-order valence-corrected chi connectivity index (χ3v) is 5.72. The Labute approximate surface area is 108 Å². The second kappa shape index (κ2) is 4.70. The van der Waals surface area contributed by atoms with Crippen molar-refractivity contribution in [3.63, 3.8) is 0 Å². The standard InChI is InChI=1S/C7H6Cl3NO3S2/c1-15(12,11-16(10,13)14)7-4-5(8)2-3-6(7)9/h2-4H,1H3/t15-/m1/s1. The van der Waals surface area contributed by atoms with Crippen molar-refractivity contribution in [2.24, 2.45) is 3.77 Å². The summed E-state index contributed by atoms with van der Waals surface area (Å²) in [5.41, 5.74) is 0. The number of nitrogens with zero attached hydrogens (tertiary/aromatic N) is 1. The van der Waals surface area contributed by atoms with Gasteiger partial charge < -0.3 is 0 Å². The van der Waals surface area contributed by atoms with E-state index in [1.165, 1.54) is 18.2 Å². The molecule has 1 atom stereocenters. The molecule has 0 fully saturated rings. The molecule has 0 unspecified atom stereocenters. The first-order chi connectivity index (χ1) is 7.12. The minimum absolute atomic E-state index is 0.0332. The Kier molecular flexibility index (Phi) is 4.13. The number of halogens is 3. The lowest BCUT2D eigenvalue weighted by atomic mass is 10.4. The van der Waals surface area contributed by atoms with Crippen LogP contribution in [0.2, 0.25) is 10.0 Å². The fourth-order valence-corrected chi connectivity index (χ4v) is 5.18. The molecule has 0 radical (unpaired) electrons. The van der Waals surface area contributed by atoms with E-state index in [-0.39, 0.29) is 14.9 Å². The highest BCUT2D eigenvalue weighted by atomic mass is 35.7. The third kappa shape index (κ3) is 3.78. The monoisotopic (exact) mass is 321 g/mol. The van der Waals surface area contributed by atoms with Crippen molar-refractivity contribution in [2.45, 2.75) is 4.90 Å². The van der Waals surface area contributed by atoms with Crippen molar-refractivity contribution < 1.29 is 12.6 Å². The van der Waals surface area contributed by atoms with E-state index in [1.807, 2.05) is 0 Å². The Morgan fingerprint density at radius 1 is 1.19 bits per heavy atom. The normalized spacial score (nSPS) is 15.5. The lowest BCUT2D eigenvalue weighted by molar-refractivity contribution is 0.611. The van der Waals surface area contributed by atoms with Crippen molar-refractivity contribution in [1.29, 1.82) is 0 Å². The van der Waals surface area contributed by atoms with Crippen LogP contribution < -0.4 is 0 Å². The second-order valence-corrected chi connectivity index (χ2v) is 8.34. The maximum absolute atomic E-state index is 12.0. The molecule has 0 N–H and O–H groups in total. The van der Waals surface area contributed by atoms with Crippen LogP contribution >= 0.6 is 33.9 Å². The predicted molar refractivity (Wildman–Crippen MR) is 66.0 cm³/mol. The van der Waals surface area contributed by atoms with E-state index < -0.39 is 19.0 Å². The van der Waals surface area contributed by atoms with E-state index in [9.17, 15) is 12.6 Å². The fourth-order valence-electron chi connectivity index (χ4n) is 0.977. The molecule has 0 aromatic heterocycles. The van der Waals surface area contributed by atoms with Crippen molar-refractivity contribution >= 4 is 52.9 Å². The summed E-state index contributed by atoms with van der Waals surface area (Å²) in [5, 5.41) is 0.386. The maximum Gasteiger partial charge on any atom is 0.347 e. The number of benzene rings is 1. The van der Waals surface area contributed by atoms with Crippen molar-refractivity contribution in [3.05, 3.63) is 28.2 Å². The molecule has 0 heterocycles. The molecule has 0 aliphatic heterocycles. The van der Waals surface area contributed by atoms with E-state index in [1.54, 1.807) is 0 Å². The van der Waals surface area contributed by atoms with Crippen LogP contribution in [0.3, 0.4) is 0 Å². The first kappa shape index (κ1) is 14.1. The lowest BCUT2D eigenvalue weighted by Crippen LogP contribution is -2.01. The van der Waals surface area contributed by atoms with Gasteiger partial charge in [-0.05, 0) is 18.2 Å². The molecular formula is C7H6Cl3NO3S2. The summed E-state index contributed by atoms with van der Waals surface area (Å²) in [4.78, 5) is 0.0332. The molecule has 9 heteroatoms. The summed E-state index contributed by atoms with van der Waals surface area (Å²) < 4.78 is 36.6. The SMILES string of the molecule is C[S@](=O)(=NS(=O)(=O)Cl)c1cc(Cl)ccc1Cl. The predicted octanol–water partition coefficient (Wildman–Crippen LogP) is 2.93. The molecular weight excluding hydrogens is 317 g/mol. The van der Waals surface area contributed by atoms with Crippen LogP contribution in [0.15, 0.2) is 26.9 Å². The minimum Gasteiger partial charge on any atom is -0.244 e. The van der Waals surface area contributed by atoms with Gasteiger partial charge >= 0.3 is 9.24 Å². The average Bonchev–Trinajstić information content (AvgIpc) is 2.04. The van der Waals surface area contributed by atoms with Crippen molar-refractivity contribution in [1.82, 2.24) is 0 Å². The molecule has 0 saturated carbocycles. The summed E-state index contributed by atoms with van der Waals surface area (Å²) >= 11 is 11.5. The fraction of sp³-hybridized carbons (Fsp3) is 0.143. The van der Waals surface area contributed by atoms with Crippen molar-refractivity contribution in [2.75, 3.05) is 6.26 Å². The Balaban J connectivity index is 3.57. The minimum atomic E-state index is -4.24. The Morgan fingerprint density at radius 3 is 2.25 bits per heavy atom. The van der Waals surface area contributed by atoms with Gasteiger partial charge in [0.2, 0.25) is 0 Å². The van der Waals surface area contributed by atoms with Crippen LogP contribution in [0.1, 0.15) is 0 Å². The summed E-state index contributed by atoms with van der Waals surface area (Å²) in [6, 6.07) is 4.18. The molecule has 16 heavy (non-hydrogen) atoms. The first-order valence-electron chi connectivity index (χ1n) is 3.75. The van der Waals surface area contributed by atoms with Gasteiger partial charge in [0, 0.05) is 22.0 Å². The molecule has 0 aliphatic rings. The van der Waals surface area contributed by atoms with Crippen LogP contribution in [-0.4, -0.2) is 18.9 Å². The van der Waals surface area contributed by atoms with Gasteiger partial charge in [-0.1, -0.05) is 27.0 Å². The zero-order valence-electron chi connectivity index (χ0n) is 7.85. The summed E-state index contributed by atoms with van der Waals surface area (Å²) in [5.74, 6) is 0. The molecule has 0 bridgehead atoms. The molecule has 90 valence electrons. The van der Waals surface area contributed by atoms with Crippen molar-refractivity contribution in [3.8, 4) is 0 Å². The summed E-state index contributed by atoms with van der Waals surface area (Å²) in [6.07, 6.45) is 1.12. The topological polar surface area (TPSA) is 63.6 Å². The molecule has 1 aromatic rings. The van der Waals surface area contributed by atoms with Crippen LogP contribution in [0.5, 0.6) is 0 Å². The largest absolute Gasteiger partial charge is 0.347 e. The Hall–Kier alpha value is -0.0100. The van der Waals surface area contributed by atoms with Crippen LogP contribution in [0, 0.1) is 0 Å². The highest BCUT2D eigenvalue weighted by Crippen LogP contribution is 2.27. The zero-order valence-corrected chi connectivity index (χ0v) is 11.8. The molecule has 4 nitrogen and oxygen atoms in total. The highest BCUT2D eigenvalue weighted by molar-refractivity contribution is 8.17. The van der Waals surface area contributed by atoms with Gasteiger partial charge in [0.25, 0.3) is 0 Å². The average molecular weight is 323 g/mol. The molecule has 1 rings (SSSR count). The van der Waals surface area contributed by atoms with E-state index in [0.717, 1.165) is 6.26 Å². The quantitative estimate of drug-likeness (QED) is 0.786. The van der Waals surface area contributed by atoms with Gasteiger partial charge in [-0.2, -0.15) is 8.42 Å². The van der Waals surface area contributed by atoms with E-state index in [0.29, 0.717) is 0 Å².